The van der Waals surface area contributed by atoms with Crippen LogP contribution in [0.25, 0.3) is 0 Å². The Morgan fingerprint density at radius 2 is 1.81 bits per heavy atom. The number of ether oxygens (including phenoxy) is 1. The van der Waals surface area contributed by atoms with E-state index in [0.717, 1.165) is 0 Å². The fourth-order valence-corrected chi connectivity index (χ4v) is 4.75. The van der Waals surface area contributed by atoms with Crippen molar-refractivity contribution in [3.05, 3.63) is 65.2 Å². The van der Waals surface area contributed by atoms with Crippen LogP contribution in [0.2, 0.25) is 0 Å². The number of nitrogens with one attached hydrogen (secondary N) is 1. The Bertz CT molecular complexity index is 777. The first-order chi connectivity index (χ1) is 13.0. The molecule has 2 aliphatic rings. The normalized spacial score (nSPS) is 27.4. The van der Waals surface area contributed by atoms with Gasteiger partial charge in [0.15, 0.2) is 0 Å². The lowest BCUT2D eigenvalue weighted by Crippen LogP contribution is -2.39. The van der Waals surface area contributed by atoms with E-state index in [1.54, 1.807) is 0 Å². The van der Waals surface area contributed by atoms with Crippen LogP contribution < -0.4 is 5.32 Å². The molecule has 1 fully saturated rings. The van der Waals surface area contributed by atoms with Crippen LogP contribution in [0.15, 0.2) is 48.5 Å². The van der Waals surface area contributed by atoms with Crippen LogP contribution >= 0.6 is 0 Å². The van der Waals surface area contributed by atoms with E-state index in [2.05, 4.69) is 81.5 Å². The van der Waals surface area contributed by atoms with Gasteiger partial charge in [-0.3, -0.25) is 0 Å². The fourth-order valence-electron chi connectivity index (χ4n) is 4.75. The van der Waals surface area contributed by atoms with Gasteiger partial charge in [0.1, 0.15) is 0 Å². The minimum Gasteiger partial charge on any atom is -0.378 e. The van der Waals surface area contributed by atoms with Crippen LogP contribution in [0.4, 0.5) is 5.69 Å². The largest absolute Gasteiger partial charge is 0.378 e. The Labute approximate surface area is 164 Å². The maximum atomic E-state index is 6.74. The van der Waals surface area contributed by atoms with E-state index >= 15 is 0 Å². The molecule has 1 N–H and O–H groups in total. The molecule has 0 saturated carbocycles. The first kappa shape index (κ1) is 18.6. The monoisotopic (exact) mass is 363 g/mol. The third kappa shape index (κ3) is 3.65. The van der Waals surface area contributed by atoms with Crippen molar-refractivity contribution in [1.29, 1.82) is 0 Å². The van der Waals surface area contributed by atoms with E-state index in [4.69, 9.17) is 4.74 Å². The van der Waals surface area contributed by atoms with Gasteiger partial charge in [-0.25, -0.2) is 0 Å². The molecule has 0 radical (unpaired) electrons. The molecule has 144 valence electrons. The second-order valence-electron chi connectivity index (χ2n) is 9.29. The first-order valence-corrected chi connectivity index (χ1v) is 10.6. The van der Waals surface area contributed by atoms with Crippen LogP contribution in [0.3, 0.4) is 0 Å². The van der Waals surface area contributed by atoms with Gasteiger partial charge in [0.25, 0.3) is 0 Å². The summed E-state index contributed by atoms with van der Waals surface area (Å²) in [6.07, 6.45) is 5.35. The second kappa shape index (κ2) is 7.31. The molecule has 0 spiro atoms. The molecule has 2 heteroatoms. The Balaban J connectivity index is 1.75. The van der Waals surface area contributed by atoms with Crippen LogP contribution in [-0.4, -0.2) is 6.10 Å². The summed E-state index contributed by atoms with van der Waals surface area (Å²) in [6.45, 7) is 9.13. The molecule has 2 aliphatic heterocycles. The van der Waals surface area contributed by atoms with Gasteiger partial charge in [-0.2, -0.15) is 0 Å². The standard InChI is InChI=1S/C25H33NO/c1-5-9-19-13-14-20-23(17-10-7-6-8-11-17)26-22-15-12-18(25(2,3)4)16-21(22)24(20)27-19/h6-8,10-12,15-16,19-20,23-24,26H,5,9,13-14H2,1-4H3. The molecule has 0 aliphatic carbocycles. The maximum absolute atomic E-state index is 6.74. The van der Waals surface area contributed by atoms with Crippen molar-refractivity contribution in [2.75, 3.05) is 5.32 Å². The summed E-state index contributed by atoms with van der Waals surface area (Å²) in [4.78, 5) is 0. The highest BCUT2D eigenvalue weighted by atomic mass is 16.5. The molecule has 1 saturated heterocycles. The molecule has 2 aromatic rings. The fraction of sp³-hybridized carbons (Fsp3) is 0.520. The lowest BCUT2D eigenvalue weighted by molar-refractivity contribution is -0.0959. The topological polar surface area (TPSA) is 21.3 Å². The SMILES string of the molecule is CCCC1CCC2C(c3ccccc3)Nc3ccc(C(C)(C)C)cc3C2O1. The average molecular weight is 364 g/mol. The third-order valence-electron chi connectivity index (χ3n) is 6.28. The highest BCUT2D eigenvalue weighted by molar-refractivity contribution is 5.59. The molecule has 0 aromatic heterocycles. The molecule has 2 heterocycles. The Kier molecular flexibility index (Phi) is 5.03. The van der Waals surface area contributed by atoms with E-state index in [-0.39, 0.29) is 11.5 Å². The van der Waals surface area contributed by atoms with Gasteiger partial charge in [0.2, 0.25) is 0 Å². The van der Waals surface area contributed by atoms with E-state index < -0.39 is 0 Å². The van der Waals surface area contributed by atoms with Crippen LogP contribution in [-0.2, 0) is 10.2 Å². The molecule has 2 nitrogen and oxygen atoms in total. The highest BCUT2D eigenvalue weighted by Crippen LogP contribution is 2.51. The lowest BCUT2D eigenvalue weighted by atomic mass is 9.75. The predicted molar refractivity (Wildman–Crippen MR) is 113 cm³/mol. The minimum absolute atomic E-state index is 0.151. The summed E-state index contributed by atoms with van der Waals surface area (Å²) >= 11 is 0. The van der Waals surface area contributed by atoms with Gasteiger partial charge < -0.3 is 10.1 Å². The summed E-state index contributed by atoms with van der Waals surface area (Å²) < 4.78 is 6.74. The Morgan fingerprint density at radius 3 is 2.52 bits per heavy atom. The van der Waals surface area contributed by atoms with E-state index in [1.165, 1.54) is 48.1 Å². The highest BCUT2D eigenvalue weighted by Gasteiger charge is 2.42. The lowest BCUT2D eigenvalue weighted by Gasteiger charge is -2.46. The van der Waals surface area contributed by atoms with Gasteiger partial charge in [-0.1, -0.05) is 76.6 Å². The van der Waals surface area contributed by atoms with E-state index in [0.29, 0.717) is 18.1 Å². The second-order valence-corrected chi connectivity index (χ2v) is 9.29. The molecule has 4 unspecified atom stereocenters. The molecule has 2 aromatic carbocycles. The Hall–Kier alpha value is -1.80. The summed E-state index contributed by atoms with van der Waals surface area (Å²) in [6, 6.07) is 18.2. The zero-order chi connectivity index (χ0) is 19.0. The van der Waals surface area contributed by atoms with Crippen LogP contribution in [0.5, 0.6) is 0 Å². The quantitative estimate of drug-likeness (QED) is 0.648. The smallest absolute Gasteiger partial charge is 0.0899 e. The molecule has 0 amide bonds. The zero-order valence-corrected chi connectivity index (χ0v) is 17.2. The summed E-state index contributed by atoms with van der Waals surface area (Å²) in [5, 5.41) is 3.86. The van der Waals surface area contributed by atoms with E-state index in [1.807, 2.05) is 0 Å². The molecular formula is C25H33NO. The van der Waals surface area contributed by atoms with Crippen LogP contribution in [0.1, 0.15) is 82.2 Å². The van der Waals surface area contributed by atoms with Gasteiger partial charge in [-0.05, 0) is 41.9 Å². The molecular weight excluding hydrogens is 330 g/mol. The van der Waals surface area contributed by atoms with Crippen molar-refractivity contribution in [3.63, 3.8) is 0 Å². The van der Waals surface area contributed by atoms with Gasteiger partial charge in [0, 0.05) is 17.2 Å². The van der Waals surface area contributed by atoms with Crippen molar-refractivity contribution in [3.8, 4) is 0 Å². The van der Waals surface area contributed by atoms with Gasteiger partial charge >= 0.3 is 0 Å². The predicted octanol–water partition coefficient (Wildman–Crippen LogP) is 6.79. The van der Waals surface area contributed by atoms with Gasteiger partial charge in [0.05, 0.1) is 18.2 Å². The van der Waals surface area contributed by atoms with Crippen molar-refractivity contribution in [1.82, 2.24) is 0 Å². The van der Waals surface area contributed by atoms with Crippen LogP contribution in [0, 0.1) is 5.92 Å². The zero-order valence-electron chi connectivity index (χ0n) is 17.2. The average Bonchev–Trinajstić information content (AvgIpc) is 2.67. The van der Waals surface area contributed by atoms with Crippen molar-refractivity contribution >= 4 is 5.69 Å². The van der Waals surface area contributed by atoms with E-state index in [9.17, 15) is 0 Å². The number of rotatable bonds is 3. The summed E-state index contributed by atoms with van der Waals surface area (Å²) in [7, 11) is 0. The minimum atomic E-state index is 0.151. The number of anilines is 1. The summed E-state index contributed by atoms with van der Waals surface area (Å²) in [5.41, 5.74) is 5.52. The third-order valence-corrected chi connectivity index (χ3v) is 6.28. The molecule has 0 bridgehead atoms. The first-order valence-electron chi connectivity index (χ1n) is 10.6. The van der Waals surface area contributed by atoms with Crippen molar-refractivity contribution in [2.24, 2.45) is 5.92 Å². The summed E-state index contributed by atoms with van der Waals surface area (Å²) in [5.74, 6) is 0.489. The molecule has 27 heavy (non-hydrogen) atoms. The van der Waals surface area contributed by atoms with Crippen molar-refractivity contribution < 1.29 is 4.74 Å². The van der Waals surface area contributed by atoms with Crippen molar-refractivity contribution in [2.45, 2.75) is 77.0 Å². The number of benzene rings is 2. The Morgan fingerprint density at radius 1 is 1.04 bits per heavy atom. The maximum Gasteiger partial charge on any atom is 0.0899 e. The number of hydrogen-bond donors (Lipinski definition) is 1. The van der Waals surface area contributed by atoms with Gasteiger partial charge in [-0.15, -0.1) is 0 Å². The molecule has 4 atom stereocenters. The number of fused-ring (bicyclic) bond motifs is 3. The molecule has 4 rings (SSSR count). The number of hydrogen-bond acceptors (Lipinski definition) is 2.